The minimum atomic E-state index is -0.875. The molecule has 1 fully saturated rings. The summed E-state index contributed by atoms with van der Waals surface area (Å²) in [5.41, 5.74) is 4.40. The van der Waals surface area contributed by atoms with Crippen molar-refractivity contribution in [1.82, 2.24) is 15.8 Å². The Morgan fingerprint density at radius 1 is 1.16 bits per heavy atom. The highest BCUT2D eigenvalue weighted by Gasteiger charge is 2.35. The number of carbonyl (C=O) groups excluding carboxylic acids is 3. The first-order chi connectivity index (χ1) is 11.8. The smallest absolute Gasteiger partial charge is 0.411 e. The van der Waals surface area contributed by atoms with E-state index >= 15 is 0 Å². The van der Waals surface area contributed by atoms with Crippen molar-refractivity contribution in [2.45, 2.75) is 32.4 Å². The van der Waals surface area contributed by atoms with Crippen LogP contribution in [0.3, 0.4) is 0 Å². The predicted molar refractivity (Wildman–Crippen MR) is 89.6 cm³/mol. The van der Waals surface area contributed by atoms with E-state index in [1.165, 1.54) is 4.90 Å². The van der Waals surface area contributed by atoms with Crippen molar-refractivity contribution in [3.63, 3.8) is 0 Å². The minimum absolute atomic E-state index is 0.0340. The fourth-order valence-electron chi connectivity index (χ4n) is 2.22. The number of morpholine rings is 1. The van der Waals surface area contributed by atoms with E-state index in [4.69, 9.17) is 9.47 Å². The second-order valence-corrected chi connectivity index (χ2v) is 6.57. The van der Waals surface area contributed by atoms with Crippen molar-refractivity contribution in [2.75, 3.05) is 19.8 Å². The van der Waals surface area contributed by atoms with Gasteiger partial charge in [0.1, 0.15) is 11.6 Å². The molecular formula is C17H23N3O5. The quantitative estimate of drug-likeness (QED) is 0.779. The average molecular weight is 349 g/mol. The molecule has 3 amide bonds. The number of nitrogens with one attached hydrogen (secondary N) is 2. The Bertz CT molecular complexity index is 627. The molecule has 0 aromatic heterocycles. The summed E-state index contributed by atoms with van der Waals surface area (Å²) in [5.74, 6) is -0.996. The molecule has 0 bridgehead atoms. The number of nitrogens with zero attached hydrogens (tertiary/aromatic N) is 1. The maximum absolute atomic E-state index is 12.4. The second-order valence-electron chi connectivity index (χ2n) is 6.57. The van der Waals surface area contributed by atoms with Crippen LogP contribution >= 0.6 is 0 Å². The molecule has 8 heteroatoms. The summed E-state index contributed by atoms with van der Waals surface area (Å²) in [6.45, 7) is 5.84. The van der Waals surface area contributed by atoms with Crippen LogP contribution in [0.4, 0.5) is 4.79 Å². The summed E-state index contributed by atoms with van der Waals surface area (Å²) in [4.78, 5) is 37.9. The SMILES string of the molecule is CC(C)(C)OC(=O)N1CCOC[C@@H]1C(=O)NNC(=O)c1ccccc1. The number of hydrogen-bond donors (Lipinski definition) is 2. The second kappa shape index (κ2) is 7.98. The summed E-state index contributed by atoms with van der Waals surface area (Å²) in [6, 6.07) is 7.59. The van der Waals surface area contributed by atoms with Crippen LogP contribution in [0.5, 0.6) is 0 Å². The van der Waals surface area contributed by atoms with Gasteiger partial charge in [0.25, 0.3) is 11.8 Å². The van der Waals surface area contributed by atoms with Crippen molar-refractivity contribution < 1.29 is 23.9 Å². The number of amides is 3. The first kappa shape index (κ1) is 18.7. The lowest BCUT2D eigenvalue weighted by Crippen LogP contribution is -2.59. The van der Waals surface area contributed by atoms with Crippen molar-refractivity contribution in [3.8, 4) is 0 Å². The van der Waals surface area contributed by atoms with E-state index in [-0.39, 0.29) is 13.2 Å². The highest BCUT2D eigenvalue weighted by molar-refractivity contribution is 5.96. The van der Waals surface area contributed by atoms with Crippen molar-refractivity contribution in [2.24, 2.45) is 0 Å². The zero-order chi connectivity index (χ0) is 18.4. The third kappa shape index (κ3) is 5.46. The highest BCUT2D eigenvalue weighted by atomic mass is 16.6. The first-order valence-corrected chi connectivity index (χ1v) is 8.00. The Balaban J connectivity index is 1.96. The van der Waals surface area contributed by atoms with Crippen molar-refractivity contribution in [1.29, 1.82) is 0 Å². The molecule has 0 radical (unpaired) electrons. The van der Waals surface area contributed by atoms with Gasteiger partial charge in [-0.05, 0) is 32.9 Å². The molecule has 1 aromatic rings. The van der Waals surface area contributed by atoms with Crippen LogP contribution in [-0.2, 0) is 14.3 Å². The molecule has 0 saturated carbocycles. The molecule has 0 spiro atoms. The molecule has 0 aliphatic carbocycles. The topological polar surface area (TPSA) is 97.0 Å². The molecule has 25 heavy (non-hydrogen) atoms. The van der Waals surface area contributed by atoms with Crippen molar-refractivity contribution in [3.05, 3.63) is 35.9 Å². The van der Waals surface area contributed by atoms with Gasteiger partial charge in [-0.15, -0.1) is 0 Å². The van der Waals surface area contributed by atoms with E-state index in [0.29, 0.717) is 12.2 Å². The first-order valence-electron chi connectivity index (χ1n) is 8.00. The Hall–Kier alpha value is -2.61. The number of ether oxygens (including phenoxy) is 2. The number of benzene rings is 1. The highest BCUT2D eigenvalue weighted by Crippen LogP contribution is 2.14. The third-order valence-corrected chi connectivity index (χ3v) is 3.39. The Labute approximate surface area is 146 Å². The molecule has 136 valence electrons. The summed E-state index contributed by atoms with van der Waals surface area (Å²) in [5, 5.41) is 0. The number of hydrogen-bond acceptors (Lipinski definition) is 5. The maximum Gasteiger partial charge on any atom is 0.411 e. The van der Waals surface area contributed by atoms with E-state index < -0.39 is 29.6 Å². The van der Waals surface area contributed by atoms with Crippen LogP contribution < -0.4 is 10.9 Å². The van der Waals surface area contributed by atoms with Gasteiger partial charge in [-0.3, -0.25) is 25.3 Å². The van der Waals surface area contributed by atoms with E-state index in [1.807, 2.05) is 0 Å². The minimum Gasteiger partial charge on any atom is -0.444 e. The Morgan fingerprint density at radius 2 is 1.84 bits per heavy atom. The zero-order valence-corrected chi connectivity index (χ0v) is 14.6. The molecule has 1 saturated heterocycles. The summed E-state index contributed by atoms with van der Waals surface area (Å²) in [6.07, 6.45) is -0.592. The van der Waals surface area contributed by atoms with Gasteiger partial charge in [0, 0.05) is 12.1 Å². The van der Waals surface area contributed by atoms with Gasteiger partial charge < -0.3 is 9.47 Å². The lowest BCUT2D eigenvalue weighted by Gasteiger charge is -2.35. The lowest BCUT2D eigenvalue weighted by molar-refractivity contribution is -0.133. The van der Waals surface area contributed by atoms with Gasteiger partial charge >= 0.3 is 6.09 Å². The van der Waals surface area contributed by atoms with Crippen LogP contribution in [0.1, 0.15) is 31.1 Å². The van der Waals surface area contributed by atoms with Crippen molar-refractivity contribution >= 4 is 17.9 Å². The zero-order valence-electron chi connectivity index (χ0n) is 14.6. The van der Waals surface area contributed by atoms with Crippen LogP contribution in [0.2, 0.25) is 0 Å². The largest absolute Gasteiger partial charge is 0.444 e. The van der Waals surface area contributed by atoms with Crippen LogP contribution in [0, 0.1) is 0 Å². The van der Waals surface area contributed by atoms with Crippen LogP contribution in [0.15, 0.2) is 30.3 Å². The van der Waals surface area contributed by atoms with Crippen LogP contribution in [-0.4, -0.2) is 54.2 Å². The van der Waals surface area contributed by atoms with Gasteiger partial charge in [-0.2, -0.15) is 0 Å². The molecule has 8 nitrogen and oxygen atoms in total. The Kier molecular flexibility index (Phi) is 5.97. The lowest BCUT2D eigenvalue weighted by atomic mass is 10.2. The maximum atomic E-state index is 12.4. The van der Waals surface area contributed by atoms with E-state index in [0.717, 1.165) is 0 Å². The molecule has 1 aliphatic heterocycles. The summed E-state index contributed by atoms with van der Waals surface area (Å²) in [7, 11) is 0. The number of carbonyl (C=O) groups is 3. The van der Waals surface area contributed by atoms with Gasteiger partial charge in [-0.25, -0.2) is 4.79 Å². The summed E-state index contributed by atoms with van der Waals surface area (Å²) >= 11 is 0. The van der Waals surface area contributed by atoms with E-state index in [9.17, 15) is 14.4 Å². The fraction of sp³-hybridized carbons (Fsp3) is 0.471. The third-order valence-electron chi connectivity index (χ3n) is 3.39. The molecule has 2 rings (SSSR count). The fourth-order valence-corrected chi connectivity index (χ4v) is 2.22. The predicted octanol–water partition coefficient (Wildman–Crippen LogP) is 1.08. The molecule has 0 unspecified atom stereocenters. The number of rotatable bonds is 2. The van der Waals surface area contributed by atoms with E-state index in [2.05, 4.69) is 10.9 Å². The van der Waals surface area contributed by atoms with Gasteiger partial charge in [0.2, 0.25) is 0 Å². The van der Waals surface area contributed by atoms with Gasteiger partial charge in [0.15, 0.2) is 0 Å². The standard InChI is InChI=1S/C17H23N3O5/c1-17(2,3)25-16(23)20-9-10-24-11-13(20)15(22)19-18-14(21)12-7-5-4-6-8-12/h4-8,13H,9-11H2,1-3H3,(H,18,21)(H,19,22)/t13-/m1/s1. The molecular weight excluding hydrogens is 326 g/mol. The monoisotopic (exact) mass is 349 g/mol. The Morgan fingerprint density at radius 3 is 2.48 bits per heavy atom. The van der Waals surface area contributed by atoms with Crippen LogP contribution in [0.25, 0.3) is 0 Å². The number of hydrazine groups is 1. The molecule has 1 aliphatic rings. The molecule has 1 heterocycles. The summed E-state index contributed by atoms with van der Waals surface area (Å²) < 4.78 is 10.6. The molecule has 1 aromatic carbocycles. The van der Waals surface area contributed by atoms with E-state index in [1.54, 1.807) is 51.1 Å². The normalized spacial score (nSPS) is 17.6. The molecule has 2 N–H and O–H groups in total. The molecule has 1 atom stereocenters. The van der Waals surface area contributed by atoms with Gasteiger partial charge in [0.05, 0.1) is 13.2 Å². The van der Waals surface area contributed by atoms with Gasteiger partial charge in [-0.1, -0.05) is 18.2 Å². The average Bonchev–Trinajstić information content (AvgIpc) is 2.58.